The van der Waals surface area contributed by atoms with Crippen molar-refractivity contribution in [3.8, 4) is 0 Å². The molecule has 0 saturated carbocycles. The molecule has 1 aliphatic heterocycles. The van der Waals surface area contributed by atoms with Crippen molar-refractivity contribution in [1.29, 1.82) is 0 Å². The maximum atomic E-state index is 11.4. The molecule has 5 amide bonds. The van der Waals surface area contributed by atoms with Gasteiger partial charge in [-0.3, -0.25) is 19.9 Å². The summed E-state index contributed by atoms with van der Waals surface area (Å²) in [6.07, 6.45) is -4.40. The molecule has 1 saturated heterocycles. The molecule has 0 aromatic heterocycles. The predicted molar refractivity (Wildman–Crippen MR) is 51.9 cm³/mol. The number of urea groups is 2. The van der Waals surface area contributed by atoms with E-state index in [1.165, 1.54) is 0 Å². The van der Waals surface area contributed by atoms with Gasteiger partial charge in [0.05, 0.1) is 0 Å². The summed E-state index contributed by atoms with van der Waals surface area (Å²) in [7, 11) is 0. The quantitative estimate of drug-likeness (QED) is 0.220. The highest BCUT2D eigenvalue weighted by molar-refractivity contribution is 6.04. The maximum absolute atomic E-state index is 11.4. The molecule has 0 radical (unpaired) electrons. The van der Waals surface area contributed by atoms with E-state index in [2.05, 4.69) is 0 Å². The van der Waals surface area contributed by atoms with E-state index >= 15 is 0 Å². The van der Waals surface area contributed by atoms with Crippen molar-refractivity contribution in [2.45, 2.75) is 18.7 Å². The highest BCUT2D eigenvalue weighted by Crippen LogP contribution is 2.16. The van der Waals surface area contributed by atoms with E-state index in [0.717, 1.165) is 0 Å². The molecule has 0 aliphatic carbocycles. The summed E-state index contributed by atoms with van der Waals surface area (Å²) in [5.41, 5.74) is 4.82. The summed E-state index contributed by atoms with van der Waals surface area (Å²) >= 11 is 0. The van der Waals surface area contributed by atoms with Crippen LogP contribution in [0.5, 0.6) is 0 Å². The Morgan fingerprint density at radius 3 is 2.39 bits per heavy atom. The second kappa shape index (κ2) is 5.14. The zero-order chi connectivity index (χ0) is 14.0. The largest absolute Gasteiger partial charge is 0.376 e. The summed E-state index contributed by atoms with van der Waals surface area (Å²) in [6, 6.07) is -4.22. The van der Waals surface area contributed by atoms with Gasteiger partial charge < -0.3 is 26.2 Å². The standard InChI is InChI=1S/C7H12N4O7/c8-5(15)10(1-12)4(14)2-3(13)9-6(16)11(2)7(17)18/h2,4,7,12,14,17-18H,1H2,(H2,8,15)(H,9,13,16). The van der Waals surface area contributed by atoms with Crippen molar-refractivity contribution < 1.29 is 34.8 Å². The third kappa shape index (κ3) is 2.33. The zero-order valence-electron chi connectivity index (χ0n) is 8.92. The first-order valence-electron chi connectivity index (χ1n) is 4.65. The van der Waals surface area contributed by atoms with Crippen LogP contribution < -0.4 is 11.1 Å². The third-order valence-corrected chi connectivity index (χ3v) is 2.32. The molecular formula is C7H12N4O7. The SMILES string of the molecule is NC(=O)N(CO)C(O)C1C(=O)NC(=O)N1C(O)O. The summed E-state index contributed by atoms with van der Waals surface area (Å²) in [4.78, 5) is 33.9. The molecule has 1 fully saturated rings. The number of imide groups is 1. The molecule has 102 valence electrons. The molecule has 0 aromatic rings. The van der Waals surface area contributed by atoms with Gasteiger partial charge in [0, 0.05) is 0 Å². The lowest BCUT2D eigenvalue weighted by Crippen LogP contribution is -2.58. The Morgan fingerprint density at radius 1 is 1.44 bits per heavy atom. The minimum Gasteiger partial charge on any atom is -0.376 e. The van der Waals surface area contributed by atoms with Crippen LogP contribution in [0, 0.1) is 0 Å². The van der Waals surface area contributed by atoms with E-state index in [-0.39, 0.29) is 9.80 Å². The molecular weight excluding hydrogens is 252 g/mol. The van der Waals surface area contributed by atoms with Gasteiger partial charge in [-0.05, 0) is 0 Å². The minimum atomic E-state index is -2.37. The van der Waals surface area contributed by atoms with Gasteiger partial charge in [-0.2, -0.15) is 0 Å². The Morgan fingerprint density at radius 2 is 2.00 bits per heavy atom. The first-order valence-corrected chi connectivity index (χ1v) is 4.65. The van der Waals surface area contributed by atoms with Crippen molar-refractivity contribution in [2.75, 3.05) is 6.73 Å². The van der Waals surface area contributed by atoms with Gasteiger partial charge in [0.25, 0.3) is 5.91 Å². The Balaban J connectivity index is 3.01. The van der Waals surface area contributed by atoms with Crippen LogP contribution in [-0.4, -0.2) is 73.6 Å². The Labute approximate surface area is 100.0 Å². The Kier molecular flexibility index (Phi) is 4.03. The van der Waals surface area contributed by atoms with Crippen molar-refractivity contribution in [1.82, 2.24) is 15.1 Å². The van der Waals surface area contributed by atoms with E-state index in [4.69, 9.17) is 21.1 Å². The second-order valence-electron chi connectivity index (χ2n) is 3.36. The molecule has 0 aromatic carbocycles. The first kappa shape index (κ1) is 14.1. The number of carbonyl (C=O) groups excluding carboxylic acids is 3. The number of nitrogens with zero attached hydrogens (tertiary/aromatic N) is 2. The highest BCUT2D eigenvalue weighted by atomic mass is 16.5. The Hall–Kier alpha value is -1.95. The smallest absolute Gasteiger partial charge is 0.328 e. The number of carbonyl (C=O) groups is 3. The van der Waals surface area contributed by atoms with Crippen LogP contribution in [0.1, 0.15) is 0 Å². The number of nitrogens with one attached hydrogen (secondary N) is 1. The predicted octanol–water partition coefficient (Wildman–Crippen LogP) is -4.18. The molecule has 0 spiro atoms. The van der Waals surface area contributed by atoms with Crippen molar-refractivity contribution in [3.63, 3.8) is 0 Å². The fraction of sp³-hybridized carbons (Fsp3) is 0.571. The molecule has 7 N–H and O–H groups in total. The topological polar surface area (TPSA) is 177 Å². The number of amides is 5. The van der Waals surface area contributed by atoms with Crippen LogP contribution in [0.2, 0.25) is 0 Å². The van der Waals surface area contributed by atoms with E-state index in [1.54, 1.807) is 5.32 Å². The maximum Gasteiger partial charge on any atom is 0.328 e. The van der Waals surface area contributed by atoms with Crippen LogP contribution in [0.4, 0.5) is 9.59 Å². The summed E-state index contributed by atoms with van der Waals surface area (Å²) in [5.74, 6) is -1.07. The molecule has 2 atom stereocenters. The van der Waals surface area contributed by atoms with Gasteiger partial charge in [0.2, 0.25) is 6.41 Å². The molecule has 1 aliphatic rings. The van der Waals surface area contributed by atoms with Gasteiger partial charge in [0.15, 0.2) is 12.3 Å². The van der Waals surface area contributed by atoms with Crippen molar-refractivity contribution >= 4 is 18.0 Å². The first-order chi connectivity index (χ1) is 8.31. The van der Waals surface area contributed by atoms with Gasteiger partial charge in [0.1, 0.15) is 6.73 Å². The van der Waals surface area contributed by atoms with Gasteiger partial charge in [-0.25, -0.2) is 9.59 Å². The van der Waals surface area contributed by atoms with Crippen LogP contribution in [0.3, 0.4) is 0 Å². The lowest BCUT2D eigenvalue weighted by molar-refractivity contribution is -0.170. The van der Waals surface area contributed by atoms with E-state index in [9.17, 15) is 19.5 Å². The number of primary amides is 1. The monoisotopic (exact) mass is 264 g/mol. The normalized spacial score (nSPS) is 21.2. The van der Waals surface area contributed by atoms with Crippen LogP contribution >= 0.6 is 0 Å². The number of hydrogen-bond acceptors (Lipinski definition) is 7. The van der Waals surface area contributed by atoms with E-state index in [0.29, 0.717) is 0 Å². The molecule has 1 rings (SSSR count). The number of aliphatic hydroxyl groups is 4. The summed E-state index contributed by atoms with van der Waals surface area (Å²) in [6.45, 7) is -1.02. The minimum absolute atomic E-state index is 0.193. The summed E-state index contributed by atoms with van der Waals surface area (Å²) in [5, 5.41) is 38.0. The molecule has 0 bridgehead atoms. The van der Waals surface area contributed by atoms with Gasteiger partial charge in [-0.1, -0.05) is 0 Å². The highest BCUT2D eigenvalue weighted by Gasteiger charge is 2.48. The average molecular weight is 264 g/mol. The fourth-order valence-corrected chi connectivity index (χ4v) is 1.48. The molecule has 2 unspecified atom stereocenters. The molecule has 11 heteroatoms. The van der Waals surface area contributed by atoms with Gasteiger partial charge >= 0.3 is 12.1 Å². The number of hydrogen-bond donors (Lipinski definition) is 6. The second-order valence-corrected chi connectivity index (χ2v) is 3.36. The van der Waals surface area contributed by atoms with E-state index < -0.39 is 43.4 Å². The fourth-order valence-electron chi connectivity index (χ4n) is 1.48. The average Bonchev–Trinajstić information content (AvgIpc) is 2.53. The lowest BCUT2D eigenvalue weighted by Gasteiger charge is -2.32. The van der Waals surface area contributed by atoms with Crippen LogP contribution in [-0.2, 0) is 4.79 Å². The number of rotatable bonds is 4. The van der Waals surface area contributed by atoms with Crippen LogP contribution in [0.25, 0.3) is 0 Å². The third-order valence-electron chi connectivity index (χ3n) is 2.32. The molecule has 11 nitrogen and oxygen atoms in total. The van der Waals surface area contributed by atoms with Gasteiger partial charge in [-0.15, -0.1) is 0 Å². The lowest BCUT2D eigenvalue weighted by atomic mass is 10.2. The van der Waals surface area contributed by atoms with Crippen LogP contribution in [0.15, 0.2) is 0 Å². The van der Waals surface area contributed by atoms with E-state index in [1.807, 2.05) is 0 Å². The number of aliphatic hydroxyl groups excluding tert-OH is 3. The zero-order valence-corrected chi connectivity index (χ0v) is 8.92. The molecule has 1 heterocycles. The summed E-state index contributed by atoms with van der Waals surface area (Å²) < 4.78 is 0. The Bertz CT molecular complexity index is 373. The number of nitrogens with two attached hydrogens (primary N) is 1. The molecule has 18 heavy (non-hydrogen) atoms. The van der Waals surface area contributed by atoms with Crippen molar-refractivity contribution in [2.24, 2.45) is 5.73 Å². The van der Waals surface area contributed by atoms with Crippen molar-refractivity contribution in [3.05, 3.63) is 0 Å².